The van der Waals surface area contributed by atoms with Crippen LogP contribution in [0.4, 0.5) is 0 Å². The van der Waals surface area contributed by atoms with Crippen LogP contribution in [0.2, 0.25) is 0 Å². The second kappa shape index (κ2) is 6.23. The monoisotopic (exact) mass is 223 g/mol. The summed E-state index contributed by atoms with van der Waals surface area (Å²) in [5, 5.41) is 19.7. The number of aryl methyl sites for hydroxylation is 1. The molecule has 0 aliphatic carbocycles. The molecule has 0 amide bonds. The molecule has 0 radical (unpaired) electrons. The van der Waals surface area contributed by atoms with Gasteiger partial charge in [-0.3, -0.25) is 10.1 Å². The van der Waals surface area contributed by atoms with Crippen LogP contribution in [0.3, 0.4) is 0 Å². The smallest absolute Gasteiger partial charge is 0.206 e. The van der Waals surface area contributed by atoms with E-state index >= 15 is 0 Å². The van der Waals surface area contributed by atoms with Crippen molar-refractivity contribution >= 4 is 0 Å². The lowest BCUT2D eigenvalue weighted by Gasteiger charge is -2.08. The van der Waals surface area contributed by atoms with Crippen LogP contribution in [0.1, 0.15) is 24.5 Å². The van der Waals surface area contributed by atoms with Crippen LogP contribution in [0, 0.1) is 10.1 Å². The molecule has 0 aliphatic heterocycles. The molecule has 0 saturated heterocycles. The highest BCUT2D eigenvalue weighted by Gasteiger charge is 2.09. The average molecular weight is 223 g/mol. The first-order chi connectivity index (χ1) is 7.61. The first-order valence-corrected chi connectivity index (χ1v) is 5.49. The van der Waals surface area contributed by atoms with Crippen LogP contribution in [-0.4, -0.2) is 22.7 Å². The molecule has 0 spiro atoms. The van der Waals surface area contributed by atoms with Gasteiger partial charge in [0.15, 0.2) is 0 Å². The maximum absolute atomic E-state index is 10.1. The number of aliphatic hydroxyl groups excluding tert-OH is 1. The fraction of sp³-hybridized carbons (Fsp3) is 0.500. The lowest BCUT2D eigenvalue weighted by atomic mass is 10.0. The van der Waals surface area contributed by atoms with Crippen molar-refractivity contribution in [2.24, 2.45) is 0 Å². The summed E-state index contributed by atoms with van der Waals surface area (Å²) in [6.45, 7) is 1.91. The average Bonchev–Trinajstić information content (AvgIpc) is 2.27. The third-order valence-corrected chi connectivity index (χ3v) is 2.55. The summed E-state index contributed by atoms with van der Waals surface area (Å²) in [6, 6.07) is 7.98. The zero-order valence-electron chi connectivity index (χ0n) is 9.43. The van der Waals surface area contributed by atoms with Crippen LogP contribution >= 0.6 is 0 Å². The Morgan fingerprint density at radius 2 is 1.88 bits per heavy atom. The van der Waals surface area contributed by atoms with Gasteiger partial charge >= 0.3 is 0 Å². The molecule has 0 fully saturated rings. The molecular weight excluding hydrogens is 206 g/mol. The summed E-state index contributed by atoms with van der Waals surface area (Å²) in [6.07, 6.45) is 1.06. The van der Waals surface area contributed by atoms with Crippen molar-refractivity contribution in [3.05, 3.63) is 45.5 Å². The van der Waals surface area contributed by atoms with E-state index in [2.05, 4.69) is 6.92 Å². The summed E-state index contributed by atoms with van der Waals surface area (Å²) >= 11 is 0. The number of nitro groups is 1. The molecule has 88 valence electrons. The number of nitrogens with zero attached hydrogens (tertiary/aromatic N) is 1. The van der Waals surface area contributed by atoms with Crippen molar-refractivity contribution in [1.82, 2.24) is 0 Å². The summed E-state index contributed by atoms with van der Waals surface area (Å²) in [7, 11) is 0. The molecule has 0 bridgehead atoms. The van der Waals surface area contributed by atoms with Crippen LogP contribution in [0.25, 0.3) is 0 Å². The normalized spacial score (nSPS) is 12.4. The zero-order valence-corrected chi connectivity index (χ0v) is 9.43. The van der Waals surface area contributed by atoms with Gasteiger partial charge in [-0.25, -0.2) is 0 Å². The Bertz CT molecular complexity index is 335. The summed E-state index contributed by atoms with van der Waals surface area (Å²) in [4.78, 5) is 9.73. The second-order valence-corrected chi connectivity index (χ2v) is 3.87. The van der Waals surface area contributed by atoms with Gasteiger partial charge in [-0.05, 0) is 24.0 Å². The minimum atomic E-state index is -0.627. The lowest BCUT2D eigenvalue weighted by molar-refractivity contribution is -0.482. The van der Waals surface area contributed by atoms with Gasteiger partial charge < -0.3 is 5.11 Å². The van der Waals surface area contributed by atoms with Crippen LogP contribution in [0.15, 0.2) is 24.3 Å². The number of hydrogen-bond donors (Lipinski definition) is 1. The van der Waals surface area contributed by atoms with Gasteiger partial charge in [-0.15, -0.1) is 0 Å². The Hall–Kier alpha value is -1.42. The van der Waals surface area contributed by atoms with E-state index in [0.29, 0.717) is 6.42 Å². The van der Waals surface area contributed by atoms with Gasteiger partial charge in [0.25, 0.3) is 0 Å². The van der Waals surface area contributed by atoms with Crippen molar-refractivity contribution in [3.63, 3.8) is 0 Å². The molecule has 1 rings (SSSR count). The van der Waals surface area contributed by atoms with E-state index in [-0.39, 0.29) is 13.0 Å². The fourth-order valence-electron chi connectivity index (χ4n) is 1.54. The maximum atomic E-state index is 10.1. The van der Waals surface area contributed by atoms with E-state index in [9.17, 15) is 15.2 Å². The van der Waals surface area contributed by atoms with E-state index in [1.54, 1.807) is 0 Å². The summed E-state index contributed by atoms with van der Waals surface area (Å²) in [5.41, 5.74) is 2.27. The molecule has 1 aromatic carbocycles. The summed E-state index contributed by atoms with van der Waals surface area (Å²) in [5.74, 6) is 0. The predicted octanol–water partition coefficient (Wildman–Crippen LogP) is 1.82. The molecule has 0 aliphatic rings. The molecule has 0 aromatic heterocycles. The van der Waals surface area contributed by atoms with Crippen molar-refractivity contribution < 1.29 is 10.0 Å². The van der Waals surface area contributed by atoms with E-state index in [1.165, 1.54) is 5.56 Å². The molecule has 0 heterocycles. The van der Waals surface area contributed by atoms with Crippen LogP contribution in [0.5, 0.6) is 0 Å². The fourth-order valence-corrected chi connectivity index (χ4v) is 1.54. The third-order valence-electron chi connectivity index (χ3n) is 2.55. The Labute approximate surface area is 95.1 Å². The molecule has 16 heavy (non-hydrogen) atoms. The van der Waals surface area contributed by atoms with Crippen molar-refractivity contribution in [1.29, 1.82) is 0 Å². The van der Waals surface area contributed by atoms with Crippen molar-refractivity contribution in [2.75, 3.05) is 6.54 Å². The molecule has 1 unspecified atom stereocenters. The standard InChI is InChI=1S/C12H17NO3/c1-2-10-3-5-11(6-4-10)9-12(14)7-8-13(15)16/h3-6,12,14H,2,7-9H2,1H3. The number of aliphatic hydroxyl groups is 1. The Morgan fingerprint density at radius 3 is 2.38 bits per heavy atom. The number of rotatable bonds is 6. The third kappa shape index (κ3) is 4.40. The number of benzene rings is 1. The minimum absolute atomic E-state index is 0.172. The first kappa shape index (κ1) is 12.6. The Balaban J connectivity index is 2.43. The van der Waals surface area contributed by atoms with E-state index in [1.807, 2.05) is 24.3 Å². The van der Waals surface area contributed by atoms with Crippen molar-refractivity contribution in [3.8, 4) is 0 Å². The van der Waals surface area contributed by atoms with Crippen LogP contribution < -0.4 is 0 Å². The van der Waals surface area contributed by atoms with Gasteiger partial charge in [-0.1, -0.05) is 31.2 Å². The first-order valence-electron chi connectivity index (χ1n) is 5.49. The Kier molecular flexibility index (Phi) is 4.92. The molecule has 1 atom stereocenters. The van der Waals surface area contributed by atoms with E-state index in [4.69, 9.17) is 0 Å². The molecule has 1 aromatic rings. The van der Waals surface area contributed by atoms with Crippen LogP contribution in [-0.2, 0) is 12.8 Å². The maximum Gasteiger partial charge on any atom is 0.206 e. The Morgan fingerprint density at radius 1 is 1.31 bits per heavy atom. The summed E-state index contributed by atoms with van der Waals surface area (Å²) < 4.78 is 0. The highest BCUT2D eigenvalue weighted by molar-refractivity contribution is 5.22. The lowest BCUT2D eigenvalue weighted by Crippen LogP contribution is -2.15. The van der Waals surface area contributed by atoms with Gasteiger partial charge in [0.05, 0.1) is 6.10 Å². The molecule has 4 nitrogen and oxygen atoms in total. The molecule has 1 N–H and O–H groups in total. The van der Waals surface area contributed by atoms with Gasteiger partial charge in [0.2, 0.25) is 6.54 Å². The van der Waals surface area contributed by atoms with Gasteiger partial charge in [0.1, 0.15) is 0 Å². The largest absolute Gasteiger partial charge is 0.393 e. The predicted molar refractivity (Wildman–Crippen MR) is 62.0 cm³/mol. The second-order valence-electron chi connectivity index (χ2n) is 3.87. The highest BCUT2D eigenvalue weighted by Crippen LogP contribution is 2.09. The van der Waals surface area contributed by atoms with Gasteiger partial charge in [0, 0.05) is 11.3 Å². The minimum Gasteiger partial charge on any atom is -0.393 e. The zero-order chi connectivity index (χ0) is 12.0. The SMILES string of the molecule is CCc1ccc(CC(O)CC[N+](=O)[O-])cc1. The van der Waals surface area contributed by atoms with E-state index in [0.717, 1.165) is 12.0 Å². The highest BCUT2D eigenvalue weighted by atomic mass is 16.6. The molecule has 4 heteroatoms. The van der Waals surface area contributed by atoms with Gasteiger partial charge in [-0.2, -0.15) is 0 Å². The molecular formula is C12H17NO3. The quantitative estimate of drug-likeness (QED) is 0.591. The van der Waals surface area contributed by atoms with Crippen molar-refractivity contribution in [2.45, 2.75) is 32.3 Å². The number of hydrogen-bond acceptors (Lipinski definition) is 3. The molecule has 0 saturated carbocycles. The topological polar surface area (TPSA) is 63.4 Å². The van der Waals surface area contributed by atoms with E-state index < -0.39 is 11.0 Å².